The molecule has 0 aliphatic rings. The van der Waals surface area contributed by atoms with Gasteiger partial charge in [0.2, 0.25) is 0 Å². The molecule has 1 aromatic carbocycles. The Morgan fingerprint density at radius 3 is 2.60 bits per heavy atom. The van der Waals surface area contributed by atoms with Crippen molar-refractivity contribution >= 4 is 5.91 Å². The molecule has 0 fully saturated rings. The third kappa shape index (κ3) is 2.49. The van der Waals surface area contributed by atoms with E-state index in [-0.39, 0.29) is 5.56 Å². The van der Waals surface area contributed by atoms with Crippen molar-refractivity contribution in [1.82, 2.24) is 5.32 Å². The van der Waals surface area contributed by atoms with Gasteiger partial charge in [-0.1, -0.05) is 0 Å². The van der Waals surface area contributed by atoms with Crippen molar-refractivity contribution in [2.24, 2.45) is 0 Å². The SMILES string of the molecule is CCNC(=O)c1cc(F)c(F)c(CF)c1. The van der Waals surface area contributed by atoms with E-state index >= 15 is 0 Å². The van der Waals surface area contributed by atoms with Crippen LogP contribution in [0.15, 0.2) is 12.1 Å². The lowest BCUT2D eigenvalue weighted by Gasteiger charge is -2.05. The molecule has 1 N–H and O–H groups in total. The number of benzene rings is 1. The largest absolute Gasteiger partial charge is 0.352 e. The van der Waals surface area contributed by atoms with Crippen molar-refractivity contribution in [2.45, 2.75) is 13.6 Å². The predicted molar refractivity (Wildman–Crippen MR) is 49.2 cm³/mol. The van der Waals surface area contributed by atoms with Crippen molar-refractivity contribution < 1.29 is 18.0 Å². The molecule has 0 saturated carbocycles. The molecule has 0 unspecified atom stereocenters. The first-order chi connectivity index (χ1) is 7.10. The summed E-state index contributed by atoms with van der Waals surface area (Å²) in [4.78, 5) is 11.3. The van der Waals surface area contributed by atoms with Crippen molar-refractivity contribution in [1.29, 1.82) is 0 Å². The van der Waals surface area contributed by atoms with E-state index in [4.69, 9.17) is 0 Å². The fourth-order valence-corrected chi connectivity index (χ4v) is 1.14. The molecule has 2 nitrogen and oxygen atoms in total. The summed E-state index contributed by atoms with van der Waals surface area (Å²) in [7, 11) is 0. The molecule has 0 radical (unpaired) electrons. The molecule has 1 aromatic rings. The molecular weight excluding hydrogens is 207 g/mol. The number of carbonyl (C=O) groups is 1. The summed E-state index contributed by atoms with van der Waals surface area (Å²) in [6.07, 6.45) is 0. The summed E-state index contributed by atoms with van der Waals surface area (Å²) in [6.45, 7) is 0.909. The average Bonchev–Trinajstić information content (AvgIpc) is 2.22. The van der Waals surface area contributed by atoms with Gasteiger partial charge in [-0.15, -0.1) is 0 Å². The van der Waals surface area contributed by atoms with E-state index in [9.17, 15) is 18.0 Å². The number of halogens is 3. The van der Waals surface area contributed by atoms with Gasteiger partial charge in [0.05, 0.1) is 0 Å². The molecule has 0 heterocycles. The summed E-state index contributed by atoms with van der Waals surface area (Å²) in [6, 6.07) is 1.75. The van der Waals surface area contributed by atoms with E-state index in [0.29, 0.717) is 6.54 Å². The molecule has 5 heteroatoms. The highest BCUT2D eigenvalue weighted by molar-refractivity contribution is 5.94. The van der Waals surface area contributed by atoms with Gasteiger partial charge in [-0.25, -0.2) is 13.2 Å². The van der Waals surface area contributed by atoms with Crippen LogP contribution < -0.4 is 5.32 Å². The van der Waals surface area contributed by atoms with Crippen LogP contribution in [0.3, 0.4) is 0 Å². The summed E-state index contributed by atoms with van der Waals surface area (Å²) < 4.78 is 38.0. The molecule has 0 aromatic heterocycles. The minimum Gasteiger partial charge on any atom is -0.352 e. The van der Waals surface area contributed by atoms with Crippen LogP contribution in [0.4, 0.5) is 13.2 Å². The second-order valence-electron chi connectivity index (χ2n) is 2.92. The number of amides is 1. The van der Waals surface area contributed by atoms with Gasteiger partial charge in [0.25, 0.3) is 5.91 Å². The van der Waals surface area contributed by atoms with Crippen LogP contribution in [0.5, 0.6) is 0 Å². The highest BCUT2D eigenvalue weighted by Crippen LogP contribution is 2.16. The molecule has 82 valence electrons. The first-order valence-electron chi connectivity index (χ1n) is 4.42. The maximum Gasteiger partial charge on any atom is 0.251 e. The molecular formula is C10H10F3NO. The normalized spacial score (nSPS) is 10.1. The molecule has 1 amide bonds. The number of alkyl halides is 1. The summed E-state index contributed by atoms with van der Waals surface area (Å²) in [5.41, 5.74) is -0.528. The van der Waals surface area contributed by atoms with Crippen LogP contribution >= 0.6 is 0 Å². The Bertz CT molecular complexity index is 379. The number of hydrogen-bond donors (Lipinski definition) is 1. The zero-order valence-electron chi connectivity index (χ0n) is 8.11. The van der Waals surface area contributed by atoms with Gasteiger partial charge in [0.1, 0.15) is 6.67 Å². The van der Waals surface area contributed by atoms with Crippen LogP contribution in [0.25, 0.3) is 0 Å². The Morgan fingerprint density at radius 1 is 1.40 bits per heavy atom. The molecule has 0 saturated heterocycles. The Kier molecular flexibility index (Phi) is 3.71. The number of hydrogen-bond acceptors (Lipinski definition) is 1. The molecule has 0 bridgehead atoms. The van der Waals surface area contributed by atoms with Gasteiger partial charge < -0.3 is 5.32 Å². The maximum absolute atomic E-state index is 12.9. The second kappa shape index (κ2) is 4.82. The topological polar surface area (TPSA) is 29.1 Å². The fourth-order valence-electron chi connectivity index (χ4n) is 1.14. The van der Waals surface area contributed by atoms with Crippen LogP contribution in [0.2, 0.25) is 0 Å². The monoisotopic (exact) mass is 217 g/mol. The first kappa shape index (κ1) is 11.6. The lowest BCUT2D eigenvalue weighted by molar-refractivity contribution is 0.0955. The molecule has 1 rings (SSSR count). The Hall–Kier alpha value is -1.52. The van der Waals surface area contributed by atoms with Crippen LogP contribution in [-0.2, 0) is 6.67 Å². The summed E-state index contributed by atoms with van der Waals surface area (Å²) >= 11 is 0. The van der Waals surface area contributed by atoms with E-state index in [1.165, 1.54) is 0 Å². The quantitative estimate of drug-likeness (QED) is 0.826. The minimum absolute atomic E-state index is 0.0802. The third-order valence-electron chi connectivity index (χ3n) is 1.85. The lowest BCUT2D eigenvalue weighted by atomic mass is 10.1. The van der Waals surface area contributed by atoms with Crippen LogP contribution in [0.1, 0.15) is 22.8 Å². The summed E-state index contributed by atoms with van der Waals surface area (Å²) in [5, 5.41) is 2.41. The highest BCUT2D eigenvalue weighted by atomic mass is 19.2. The lowest BCUT2D eigenvalue weighted by Crippen LogP contribution is -2.23. The van der Waals surface area contributed by atoms with Gasteiger partial charge in [0, 0.05) is 17.7 Å². The number of rotatable bonds is 3. The molecule has 15 heavy (non-hydrogen) atoms. The van der Waals surface area contributed by atoms with Crippen molar-refractivity contribution in [3.05, 3.63) is 34.9 Å². The zero-order valence-corrected chi connectivity index (χ0v) is 8.11. The van der Waals surface area contributed by atoms with E-state index < -0.39 is 29.8 Å². The van der Waals surface area contributed by atoms with Gasteiger partial charge in [0.15, 0.2) is 11.6 Å². The molecule has 0 aliphatic heterocycles. The number of nitrogens with one attached hydrogen (secondary N) is 1. The average molecular weight is 217 g/mol. The van der Waals surface area contributed by atoms with E-state index in [2.05, 4.69) is 5.32 Å². The predicted octanol–water partition coefficient (Wildman–Crippen LogP) is 2.18. The van der Waals surface area contributed by atoms with E-state index in [1.54, 1.807) is 6.92 Å². The minimum atomic E-state index is -1.24. The Labute approximate surface area is 85.1 Å². The number of carbonyl (C=O) groups excluding carboxylic acids is 1. The molecule has 0 aliphatic carbocycles. The maximum atomic E-state index is 12.9. The first-order valence-corrected chi connectivity index (χ1v) is 4.42. The molecule has 0 spiro atoms. The van der Waals surface area contributed by atoms with E-state index in [1.807, 2.05) is 0 Å². The fraction of sp³-hybridized carbons (Fsp3) is 0.300. The Balaban J connectivity index is 3.10. The standard InChI is InChI=1S/C10H10F3NO/c1-2-14-10(15)6-3-7(5-11)9(13)8(12)4-6/h3-4H,2,5H2,1H3,(H,14,15). The highest BCUT2D eigenvalue weighted by Gasteiger charge is 2.14. The van der Waals surface area contributed by atoms with Gasteiger partial charge in [-0.05, 0) is 19.1 Å². The zero-order chi connectivity index (χ0) is 11.4. The van der Waals surface area contributed by atoms with Gasteiger partial charge >= 0.3 is 0 Å². The Morgan fingerprint density at radius 2 is 2.07 bits per heavy atom. The van der Waals surface area contributed by atoms with Gasteiger partial charge in [-0.3, -0.25) is 4.79 Å². The smallest absolute Gasteiger partial charge is 0.251 e. The van der Waals surface area contributed by atoms with Crippen LogP contribution in [0, 0.1) is 11.6 Å². The summed E-state index contributed by atoms with van der Waals surface area (Å²) in [5.74, 6) is -3.01. The van der Waals surface area contributed by atoms with Crippen LogP contribution in [-0.4, -0.2) is 12.5 Å². The third-order valence-corrected chi connectivity index (χ3v) is 1.85. The van der Waals surface area contributed by atoms with Crippen molar-refractivity contribution in [3.8, 4) is 0 Å². The van der Waals surface area contributed by atoms with Crippen molar-refractivity contribution in [2.75, 3.05) is 6.54 Å². The van der Waals surface area contributed by atoms with Crippen molar-refractivity contribution in [3.63, 3.8) is 0 Å². The second-order valence-corrected chi connectivity index (χ2v) is 2.92. The molecule has 0 atom stereocenters. The van der Waals surface area contributed by atoms with Gasteiger partial charge in [-0.2, -0.15) is 0 Å². The van der Waals surface area contributed by atoms with E-state index in [0.717, 1.165) is 12.1 Å².